The second-order valence-electron chi connectivity index (χ2n) is 3.95. The van der Waals surface area contributed by atoms with Crippen LogP contribution >= 0.6 is 11.6 Å². The number of hydrogen-bond acceptors (Lipinski definition) is 4. The lowest BCUT2D eigenvalue weighted by atomic mass is 10.2. The Hall–Kier alpha value is -1.39. The van der Waals surface area contributed by atoms with Gasteiger partial charge in [-0.15, -0.1) is 0 Å². The first kappa shape index (κ1) is 13.1. The molecule has 1 heterocycles. The van der Waals surface area contributed by atoms with Crippen LogP contribution < -0.4 is 4.74 Å². The molecule has 0 aliphatic heterocycles. The Bertz CT molecular complexity index is 519. The van der Waals surface area contributed by atoms with Crippen molar-refractivity contribution in [1.29, 1.82) is 0 Å². The van der Waals surface area contributed by atoms with Gasteiger partial charge in [0, 0.05) is 6.61 Å². The van der Waals surface area contributed by atoms with Gasteiger partial charge in [-0.25, -0.2) is 4.98 Å². The van der Waals surface area contributed by atoms with Crippen molar-refractivity contribution >= 4 is 22.5 Å². The summed E-state index contributed by atoms with van der Waals surface area (Å²) in [6, 6.07) is 7.60. The van der Waals surface area contributed by atoms with E-state index in [0.29, 0.717) is 12.5 Å². The molecule has 1 aromatic heterocycles. The first-order chi connectivity index (χ1) is 8.81. The quantitative estimate of drug-likeness (QED) is 0.645. The molecule has 4 nitrogen and oxygen atoms in total. The number of rotatable bonds is 6. The molecule has 0 saturated carbocycles. The Morgan fingerprint density at radius 1 is 1.11 bits per heavy atom. The van der Waals surface area contributed by atoms with E-state index < -0.39 is 0 Å². The van der Waals surface area contributed by atoms with Gasteiger partial charge in [-0.3, -0.25) is 0 Å². The number of hydrogen-bond donors (Lipinski definition) is 1. The molecule has 2 rings (SSSR count). The minimum absolute atomic E-state index is 0.194. The van der Waals surface area contributed by atoms with Crippen LogP contribution in [0.3, 0.4) is 0 Å². The van der Waals surface area contributed by atoms with Crippen molar-refractivity contribution in [1.82, 2.24) is 9.97 Å². The lowest BCUT2D eigenvalue weighted by Crippen LogP contribution is -2.01. The molecule has 1 N–H and O–H groups in total. The predicted molar refractivity (Wildman–Crippen MR) is 71.0 cm³/mol. The van der Waals surface area contributed by atoms with Crippen LogP contribution in [0.2, 0.25) is 5.28 Å². The number of halogens is 1. The molecule has 2 aromatic rings. The third-order valence-corrected chi connectivity index (χ3v) is 2.75. The zero-order valence-corrected chi connectivity index (χ0v) is 10.7. The van der Waals surface area contributed by atoms with E-state index in [2.05, 4.69) is 9.97 Å². The Balaban J connectivity index is 2.07. The van der Waals surface area contributed by atoms with Crippen LogP contribution in [0.25, 0.3) is 10.9 Å². The van der Waals surface area contributed by atoms with E-state index in [1.54, 1.807) is 0 Å². The fraction of sp³-hybridized carbons (Fsp3) is 0.385. The summed E-state index contributed by atoms with van der Waals surface area (Å²) in [5, 5.41) is 9.74. The van der Waals surface area contributed by atoms with Gasteiger partial charge in [0.1, 0.15) is 0 Å². The third-order valence-electron chi connectivity index (χ3n) is 2.58. The molecule has 0 radical (unpaired) electrons. The van der Waals surface area contributed by atoms with Crippen LogP contribution in [-0.2, 0) is 0 Å². The molecule has 96 valence electrons. The van der Waals surface area contributed by atoms with Crippen LogP contribution in [-0.4, -0.2) is 28.3 Å². The minimum Gasteiger partial charge on any atom is -0.477 e. The fourth-order valence-corrected chi connectivity index (χ4v) is 1.86. The molecule has 0 aliphatic carbocycles. The maximum Gasteiger partial charge on any atom is 0.226 e. The molecule has 0 bridgehead atoms. The van der Waals surface area contributed by atoms with Crippen LogP contribution in [0.1, 0.15) is 19.3 Å². The van der Waals surface area contributed by atoms with Crippen molar-refractivity contribution in [2.75, 3.05) is 13.2 Å². The molecule has 0 atom stereocenters. The monoisotopic (exact) mass is 266 g/mol. The van der Waals surface area contributed by atoms with Crippen molar-refractivity contribution < 1.29 is 9.84 Å². The number of aliphatic hydroxyl groups is 1. The average molecular weight is 267 g/mol. The van der Waals surface area contributed by atoms with Gasteiger partial charge in [0.05, 0.1) is 17.5 Å². The Kier molecular flexibility index (Phi) is 4.73. The highest BCUT2D eigenvalue weighted by atomic mass is 35.5. The van der Waals surface area contributed by atoms with Gasteiger partial charge in [0.25, 0.3) is 0 Å². The predicted octanol–water partition coefficient (Wildman–Crippen LogP) is 2.82. The number of unbranched alkanes of at least 4 members (excludes halogenated alkanes) is 2. The Labute approximate surface area is 111 Å². The molecule has 0 spiro atoms. The lowest BCUT2D eigenvalue weighted by Gasteiger charge is -2.08. The van der Waals surface area contributed by atoms with Gasteiger partial charge in [0.15, 0.2) is 0 Å². The van der Waals surface area contributed by atoms with Gasteiger partial charge in [0.2, 0.25) is 11.2 Å². The summed E-state index contributed by atoms with van der Waals surface area (Å²) in [6.07, 6.45) is 2.62. The summed E-state index contributed by atoms with van der Waals surface area (Å²) in [5.74, 6) is 0.523. The summed E-state index contributed by atoms with van der Waals surface area (Å²) in [4.78, 5) is 8.24. The number of ether oxygens (including phenoxy) is 1. The van der Waals surface area contributed by atoms with E-state index >= 15 is 0 Å². The standard InChI is InChI=1S/C13H15ClN2O2/c14-13-15-11-7-3-2-6-10(11)12(16-13)18-9-5-1-4-8-17/h2-3,6-7,17H,1,4-5,8-9H2. The molecule has 0 amide bonds. The topological polar surface area (TPSA) is 55.2 Å². The lowest BCUT2D eigenvalue weighted by molar-refractivity contribution is 0.264. The van der Waals surface area contributed by atoms with Crippen molar-refractivity contribution in [3.05, 3.63) is 29.5 Å². The highest BCUT2D eigenvalue weighted by Gasteiger charge is 2.06. The zero-order chi connectivity index (χ0) is 12.8. The van der Waals surface area contributed by atoms with E-state index in [1.165, 1.54) is 0 Å². The summed E-state index contributed by atoms with van der Waals surface area (Å²) in [7, 11) is 0. The molecule has 1 aromatic carbocycles. The van der Waals surface area contributed by atoms with E-state index in [4.69, 9.17) is 21.4 Å². The maximum absolute atomic E-state index is 8.68. The molecular weight excluding hydrogens is 252 g/mol. The summed E-state index contributed by atoms with van der Waals surface area (Å²) in [5.41, 5.74) is 0.780. The van der Waals surface area contributed by atoms with Crippen LogP contribution in [0.15, 0.2) is 24.3 Å². The van der Waals surface area contributed by atoms with Crippen molar-refractivity contribution in [3.8, 4) is 5.88 Å². The van der Waals surface area contributed by atoms with Gasteiger partial charge >= 0.3 is 0 Å². The number of nitrogens with zero attached hydrogens (tertiary/aromatic N) is 2. The summed E-state index contributed by atoms with van der Waals surface area (Å²) in [6.45, 7) is 0.791. The van der Waals surface area contributed by atoms with Gasteiger partial charge < -0.3 is 9.84 Å². The summed E-state index contributed by atoms with van der Waals surface area (Å²) < 4.78 is 5.63. The zero-order valence-electron chi connectivity index (χ0n) is 9.97. The van der Waals surface area contributed by atoms with Crippen LogP contribution in [0.4, 0.5) is 0 Å². The number of aliphatic hydroxyl groups excluding tert-OH is 1. The maximum atomic E-state index is 8.68. The number of aromatic nitrogens is 2. The highest BCUT2D eigenvalue weighted by Crippen LogP contribution is 2.23. The SMILES string of the molecule is OCCCCCOc1nc(Cl)nc2ccccc12. The van der Waals surface area contributed by atoms with Gasteiger partial charge in [-0.05, 0) is 43.0 Å². The number of para-hydroxylation sites is 1. The molecule has 0 saturated heterocycles. The van der Waals surface area contributed by atoms with E-state index in [1.807, 2.05) is 24.3 Å². The minimum atomic E-state index is 0.194. The van der Waals surface area contributed by atoms with Crippen LogP contribution in [0.5, 0.6) is 5.88 Å². The number of fused-ring (bicyclic) bond motifs is 1. The highest BCUT2D eigenvalue weighted by molar-refractivity contribution is 6.28. The smallest absolute Gasteiger partial charge is 0.226 e. The average Bonchev–Trinajstić information content (AvgIpc) is 2.38. The first-order valence-electron chi connectivity index (χ1n) is 5.97. The third kappa shape index (κ3) is 3.31. The largest absolute Gasteiger partial charge is 0.477 e. The Morgan fingerprint density at radius 3 is 2.78 bits per heavy atom. The Morgan fingerprint density at radius 2 is 1.94 bits per heavy atom. The second-order valence-corrected chi connectivity index (χ2v) is 4.29. The molecule has 5 heteroatoms. The van der Waals surface area contributed by atoms with E-state index in [0.717, 1.165) is 30.2 Å². The normalized spacial score (nSPS) is 10.8. The molecule has 18 heavy (non-hydrogen) atoms. The second kappa shape index (κ2) is 6.52. The molecular formula is C13H15ClN2O2. The van der Waals surface area contributed by atoms with Gasteiger partial charge in [-0.2, -0.15) is 4.98 Å². The van der Waals surface area contributed by atoms with E-state index in [-0.39, 0.29) is 11.9 Å². The molecule has 0 unspecified atom stereocenters. The van der Waals surface area contributed by atoms with Crippen molar-refractivity contribution in [2.45, 2.75) is 19.3 Å². The van der Waals surface area contributed by atoms with Crippen molar-refractivity contribution in [3.63, 3.8) is 0 Å². The van der Waals surface area contributed by atoms with Gasteiger partial charge in [-0.1, -0.05) is 12.1 Å². The molecule has 0 fully saturated rings. The summed E-state index contributed by atoms with van der Waals surface area (Å²) >= 11 is 5.85. The van der Waals surface area contributed by atoms with Crippen LogP contribution in [0, 0.1) is 0 Å². The fourth-order valence-electron chi connectivity index (χ4n) is 1.69. The number of benzene rings is 1. The first-order valence-corrected chi connectivity index (χ1v) is 6.35. The van der Waals surface area contributed by atoms with E-state index in [9.17, 15) is 0 Å². The molecule has 0 aliphatic rings. The van der Waals surface area contributed by atoms with Crippen molar-refractivity contribution in [2.24, 2.45) is 0 Å².